The van der Waals surface area contributed by atoms with Gasteiger partial charge in [-0.2, -0.15) is 0 Å². The predicted octanol–water partition coefficient (Wildman–Crippen LogP) is 3.86. The van der Waals surface area contributed by atoms with Gasteiger partial charge in [-0.05, 0) is 60.8 Å². The Morgan fingerprint density at radius 3 is 2.74 bits per heavy atom. The maximum absolute atomic E-state index is 11.8. The largest absolute Gasteiger partial charge is 0.486 e. The Balaban J connectivity index is 1.43. The van der Waals surface area contributed by atoms with Gasteiger partial charge in [-0.1, -0.05) is 17.7 Å². The van der Waals surface area contributed by atoms with Gasteiger partial charge in [0.25, 0.3) is 0 Å². The summed E-state index contributed by atoms with van der Waals surface area (Å²) in [5.74, 6) is 1.60. The molecule has 0 aliphatic carbocycles. The monoisotopic (exact) mass is 385 g/mol. The van der Waals surface area contributed by atoms with Crippen LogP contribution in [0.4, 0.5) is 0 Å². The minimum absolute atomic E-state index is 0.354. The molecule has 1 aliphatic heterocycles. The minimum atomic E-state index is -0.354. The second-order valence-corrected chi connectivity index (χ2v) is 7.00. The SMILES string of the molecule is Cc1cc2oc(=O)cc(CNCCc3ccc4c(c3)OCCO4)c2cc1Cl. The number of aryl methyl sites for hydroxylation is 1. The Hall–Kier alpha value is -2.50. The van der Waals surface area contributed by atoms with Gasteiger partial charge in [0.05, 0.1) is 0 Å². The van der Waals surface area contributed by atoms with Gasteiger partial charge in [0.1, 0.15) is 18.8 Å². The van der Waals surface area contributed by atoms with Crippen LogP contribution in [0.5, 0.6) is 11.5 Å². The molecule has 0 saturated heterocycles. The van der Waals surface area contributed by atoms with Gasteiger partial charge in [0, 0.05) is 23.0 Å². The van der Waals surface area contributed by atoms with Crippen LogP contribution < -0.4 is 20.4 Å². The summed E-state index contributed by atoms with van der Waals surface area (Å²) in [6.07, 6.45) is 0.843. The van der Waals surface area contributed by atoms with Crippen LogP contribution in [0.2, 0.25) is 5.02 Å². The van der Waals surface area contributed by atoms with Crippen LogP contribution in [0, 0.1) is 6.92 Å². The molecule has 2 aromatic carbocycles. The third kappa shape index (κ3) is 3.94. The van der Waals surface area contributed by atoms with Crippen LogP contribution in [-0.4, -0.2) is 19.8 Å². The number of hydrogen-bond acceptors (Lipinski definition) is 5. The molecule has 0 saturated carbocycles. The van der Waals surface area contributed by atoms with E-state index in [0.29, 0.717) is 30.4 Å². The molecule has 0 amide bonds. The summed E-state index contributed by atoms with van der Waals surface area (Å²) in [6.45, 7) is 4.39. The van der Waals surface area contributed by atoms with E-state index in [4.69, 9.17) is 25.5 Å². The quantitative estimate of drug-likeness (QED) is 0.534. The zero-order valence-electron chi connectivity index (χ0n) is 15.0. The maximum Gasteiger partial charge on any atom is 0.336 e. The van der Waals surface area contributed by atoms with E-state index in [1.54, 1.807) is 6.07 Å². The van der Waals surface area contributed by atoms with Crippen molar-refractivity contribution in [2.75, 3.05) is 19.8 Å². The molecule has 4 rings (SSSR count). The van der Waals surface area contributed by atoms with Crippen molar-refractivity contribution in [1.82, 2.24) is 5.32 Å². The van der Waals surface area contributed by atoms with Crippen LogP contribution in [0.3, 0.4) is 0 Å². The molecule has 0 bridgehead atoms. The number of nitrogens with one attached hydrogen (secondary N) is 1. The van der Waals surface area contributed by atoms with Crippen molar-refractivity contribution in [3.05, 3.63) is 68.5 Å². The Kier molecular flexibility index (Phi) is 5.05. The third-order valence-electron chi connectivity index (χ3n) is 4.62. The van der Waals surface area contributed by atoms with Gasteiger partial charge in [-0.3, -0.25) is 0 Å². The molecule has 0 fully saturated rings. The maximum atomic E-state index is 11.8. The highest BCUT2D eigenvalue weighted by molar-refractivity contribution is 6.32. The summed E-state index contributed by atoms with van der Waals surface area (Å²) in [5.41, 5.74) is 3.14. The molecule has 1 aromatic heterocycles. The van der Waals surface area contributed by atoms with E-state index in [-0.39, 0.29) is 5.63 Å². The average molecular weight is 386 g/mol. The molecule has 140 valence electrons. The smallest absolute Gasteiger partial charge is 0.336 e. The summed E-state index contributed by atoms with van der Waals surface area (Å²) in [7, 11) is 0. The van der Waals surface area contributed by atoms with Crippen molar-refractivity contribution in [2.24, 2.45) is 0 Å². The Morgan fingerprint density at radius 1 is 1.07 bits per heavy atom. The second-order valence-electron chi connectivity index (χ2n) is 6.59. The van der Waals surface area contributed by atoms with Crippen molar-refractivity contribution < 1.29 is 13.9 Å². The van der Waals surface area contributed by atoms with Crippen LogP contribution in [0.25, 0.3) is 11.0 Å². The van der Waals surface area contributed by atoms with Gasteiger partial charge in [0.2, 0.25) is 0 Å². The number of benzene rings is 2. The van der Waals surface area contributed by atoms with Crippen LogP contribution in [0.15, 0.2) is 45.6 Å². The molecule has 6 heteroatoms. The number of hydrogen-bond donors (Lipinski definition) is 1. The van der Waals surface area contributed by atoms with E-state index in [0.717, 1.165) is 41.0 Å². The van der Waals surface area contributed by atoms with Crippen LogP contribution >= 0.6 is 11.6 Å². The van der Waals surface area contributed by atoms with E-state index >= 15 is 0 Å². The first-order valence-electron chi connectivity index (χ1n) is 8.92. The lowest BCUT2D eigenvalue weighted by Gasteiger charge is -2.18. The fraction of sp³-hybridized carbons (Fsp3) is 0.286. The van der Waals surface area contributed by atoms with Crippen molar-refractivity contribution in [1.29, 1.82) is 0 Å². The highest BCUT2D eigenvalue weighted by Crippen LogP contribution is 2.30. The lowest BCUT2D eigenvalue weighted by Crippen LogP contribution is -2.18. The van der Waals surface area contributed by atoms with Crippen molar-refractivity contribution in [3.8, 4) is 11.5 Å². The van der Waals surface area contributed by atoms with E-state index in [1.807, 2.05) is 31.2 Å². The van der Waals surface area contributed by atoms with E-state index in [9.17, 15) is 4.79 Å². The number of rotatable bonds is 5. The summed E-state index contributed by atoms with van der Waals surface area (Å²) >= 11 is 6.24. The molecule has 5 nitrogen and oxygen atoms in total. The predicted molar refractivity (Wildman–Crippen MR) is 105 cm³/mol. The van der Waals surface area contributed by atoms with Gasteiger partial charge >= 0.3 is 5.63 Å². The molecule has 1 N–H and O–H groups in total. The summed E-state index contributed by atoms with van der Waals surface area (Å²) in [6, 6.07) is 11.2. The fourth-order valence-electron chi connectivity index (χ4n) is 3.19. The Morgan fingerprint density at radius 2 is 1.89 bits per heavy atom. The summed E-state index contributed by atoms with van der Waals surface area (Å²) in [5, 5.41) is 4.91. The molecule has 3 aromatic rings. The molecule has 0 radical (unpaired) electrons. The molecular formula is C21H20ClNO4. The van der Waals surface area contributed by atoms with Crippen molar-refractivity contribution in [2.45, 2.75) is 19.9 Å². The molecule has 1 aliphatic rings. The number of ether oxygens (including phenoxy) is 2. The fourth-order valence-corrected chi connectivity index (χ4v) is 3.36. The minimum Gasteiger partial charge on any atom is -0.486 e. The van der Waals surface area contributed by atoms with Crippen LogP contribution in [-0.2, 0) is 13.0 Å². The summed E-state index contributed by atoms with van der Waals surface area (Å²) in [4.78, 5) is 11.8. The summed E-state index contributed by atoms with van der Waals surface area (Å²) < 4.78 is 16.5. The van der Waals surface area contributed by atoms with E-state index < -0.39 is 0 Å². The van der Waals surface area contributed by atoms with Crippen molar-refractivity contribution in [3.63, 3.8) is 0 Å². The first-order chi connectivity index (χ1) is 13.1. The van der Waals surface area contributed by atoms with Gasteiger partial charge in [-0.15, -0.1) is 0 Å². The zero-order valence-corrected chi connectivity index (χ0v) is 15.8. The van der Waals surface area contributed by atoms with E-state index in [2.05, 4.69) is 5.32 Å². The third-order valence-corrected chi connectivity index (χ3v) is 5.03. The number of halogens is 1. The van der Waals surface area contributed by atoms with Crippen LogP contribution in [0.1, 0.15) is 16.7 Å². The Labute approximate surface area is 161 Å². The topological polar surface area (TPSA) is 60.7 Å². The first-order valence-corrected chi connectivity index (χ1v) is 9.30. The number of fused-ring (bicyclic) bond motifs is 2. The highest BCUT2D eigenvalue weighted by Gasteiger charge is 2.12. The molecule has 2 heterocycles. The lowest BCUT2D eigenvalue weighted by atomic mass is 10.1. The highest BCUT2D eigenvalue weighted by atomic mass is 35.5. The lowest BCUT2D eigenvalue weighted by molar-refractivity contribution is 0.171. The Bertz CT molecular complexity index is 1040. The molecule has 0 unspecified atom stereocenters. The molecule has 0 atom stereocenters. The second kappa shape index (κ2) is 7.62. The average Bonchev–Trinajstić information content (AvgIpc) is 2.66. The normalized spacial score (nSPS) is 13.1. The molecule has 27 heavy (non-hydrogen) atoms. The first kappa shape index (κ1) is 17.9. The van der Waals surface area contributed by atoms with Gasteiger partial charge in [-0.25, -0.2) is 4.79 Å². The molecule has 0 spiro atoms. The zero-order chi connectivity index (χ0) is 18.8. The van der Waals surface area contributed by atoms with Crippen molar-refractivity contribution >= 4 is 22.6 Å². The van der Waals surface area contributed by atoms with Gasteiger partial charge in [0.15, 0.2) is 11.5 Å². The standard InChI is InChI=1S/C21H20ClNO4/c1-13-8-19-16(11-17(13)22)15(10-21(24)27-19)12-23-5-4-14-2-3-18-20(9-14)26-7-6-25-18/h2-3,8-11,23H,4-7,12H2,1H3. The molecular weight excluding hydrogens is 366 g/mol. The van der Waals surface area contributed by atoms with E-state index in [1.165, 1.54) is 11.6 Å². The van der Waals surface area contributed by atoms with Gasteiger partial charge < -0.3 is 19.2 Å².